The lowest BCUT2D eigenvalue weighted by molar-refractivity contribution is -0.145. The molecule has 0 spiro atoms. The van der Waals surface area contributed by atoms with Crippen molar-refractivity contribution in [2.45, 2.75) is 13.3 Å². The Labute approximate surface area is 116 Å². The number of benzene rings is 1. The number of hydrogen-bond donors (Lipinski definition) is 1. The Balaban J connectivity index is 2.54. The molecule has 0 saturated heterocycles. The Morgan fingerprint density at radius 3 is 2.74 bits per heavy atom. The highest BCUT2D eigenvalue weighted by Crippen LogP contribution is 2.17. The normalized spacial score (nSPS) is 10.0. The van der Waals surface area contributed by atoms with Gasteiger partial charge in [-0.25, -0.2) is 0 Å². The summed E-state index contributed by atoms with van der Waals surface area (Å²) < 4.78 is 5.29. The van der Waals surface area contributed by atoms with Gasteiger partial charge in [-0.05, 0) is 24.6 Å². The van der Waals surface area contributed by atoms with Crippen LogP contribution in [0.1, 0.15) is 13.3 Å². The van der Waals surface area contributed by atoms with E-state index in [1.165, 1.54) is 4.90 Å². The summed E-state index contributed by atoms with van der Waals surface area (Å²) in [7, 11) is 0. The van der Waals surface area contributed by atoms with Crippen molar-refractivity contribution >= 4 is 23.5 Å². The third-order valence-corrected chi connectivity index (χ3v) is 2.57. The van der Waals surface area contributed by atoms with Gasteiger partial charge in [0.05, 0.1) is 0 Å². The number of rotatable bonds is 7. The summed E-state index contributed by atoms with van der Waals surface area (Å²) in [6, 6.07) is 6.68. The maximum absolute atomic E-state index is 11.8. The smallest absolute Gasteiger partial charge is 0.323 e. The molecule has 5 nitrogen and oxygen atoms in total. The number of carboxylic acids is 1. The van der Waals surface area contributed by atoms with Gasteiger partial charge in [0.25, 0.3) is 5.91 Å². The van der Waals surface area contributed by atoms with E-state index in [4.69, 9.17) is 21.4 Å². The first-order valence-electron chi connectivity index (χ1n) is 5.91. The van der Waals surface area contributed by atoms with Gasteiger partial charge in [0.15, 0.2) is 6.61 Å². The van der Waals surface area contributed by atoms with Crippen molar-refractivity contribution in [1.82, 2.24) is 4.90 Å². The molecule has 0 aliphatic carbocycles. The van der Waals surface area contributed by atoms with E-state index in [0.29, 0.717) is 23.7 Å². The number of aliphatic carboxylic acids is 1. The molecule has 104 valence electrons. The SMILES string of the molecule is CCCN(CC(=O)O)C(=O)COc1cccc(Cl)c1. The Bertz CT molecular complexity index is 450. The van der Waals surface area contributed by atoms with Crippen LogP contribution < -0.4 is 4.74 Å². The van der Waals surface area contributed by atoms with Crippen LogP contribution in [0.5, 0.6) is 5.75 Å². The lowest BCUT2D eigenvalue weighted by atomic mass is 10.3. The molecule has 0 heterocycles. The van der Waals surface area contributed by atoms with Crippen LogP contribution in [-0.2, 0) is 9.59 Å². The van der Waals surface area contributed by atoms with Gasteiger partial charge in [0, 0.05) is 11.6 Å². The lowest BCUT2D eigenvalue weighted by Crippen LogP contribution is -2.39. The third kappa shape index (κ3) is 5.61. The summed E-state index contributed by atoms with van der Waals surface area (Å²) in [6.45, 7) is 1.75. The van der Waals surface area contributed by atoms with Crippen molar-refractivity contribution in [1.29, 1.82) is 0 Å². The molecule has 0 atom stereocenters. The molecule has 19 heavy (non-hydrogen) atoms. The van der Waals surface area contributed by atoms with Gasteiger partial charge < -0.3 is 14.7 Å². The van der Waals surface area contributed by atoms with E-state index in [0.717, 1.165) is 0 Å². The topological polar surface area (TPSA) is 66.8 Å². The molecule has 1 aromatic carbocycles. The van der Waals surface area contributed by atoms with Crippen molar-refractivity contribution in [2.75, 3.05) is 19.7 Å². The highest BCUT2D eigenvalue weighted by atomic mass is 35.5. The fourth-order valence-corrected chi connectivity index (χ4v) is 1.70. The van der Waals surface area contributed by atoms with Crippen molar-refractivity contribution in [3.8, 4) is 5.75 Å². The Hall–Kier alpha value is -1.75. The summed E-state index contributed by atoms with van der Waals surface area (Å²) in [6.07, 6.45) is 0.691. The zero-order valence-corrected chi connectivity index (χ0v) is 11.4. The molecule has 1 aromatic rings. The van der Waals surface area contributed by atoms with Crippen molar-refractivity contribution in [2.24, 2.45) is 0 Å². The van der Waals surface area contributed by atoms with Gasteiger partial charge in [0.2, 0.25) is 0 Å². The lowest BCUT2D eigenvalue weighted by Gasteiger charge is -2.20. The predicted molar refractivity (Wildman–Crippen MR) is 71.5 cm³/mol. The van der Waals surface area contributed by atoms with Crippen LogP contribution in [0, 0.1) is 0 Å². The average molecular weight is 286 g/mol. The van der Waals surface area contributed by atoms with E-state index in [1.54, 1.807) is 24.3 Å². The van der Waals surface area contributed by atoms with Crippen LogP contribution in [0.2, 0.25) is 5.02 Å². The van der Waals surface area contributed by atoms with Crippen LogP contribution in [0.15, 0.2) is 24.3 Å². The molecule has 0 bridgehead atoms. The first-order valence-corrected chi connectivity index (χ1v) is 6.28. The number of amides is 1. The van der Waals surface area contributed by atoms with E-state index in [2.05, 4.69) is 0 Å². The maximum atomic E-state index is 11.8. The molecular weight excluding hydrogens is 270 g/mol. The minimum Gasteiger partial charge on any atom is -0.484 e. The van der Waals surface area contributed by atoms with E-state index in [9.17, 15) is 9.59 Å². The molecule has 0 aliphatic heterocycles. The van der Waals surface area contributed by atoms with Gasteiger partial charge in [-0.15, -0.1) is 0 Å². The minimum atomic E-state index is -1.04. The van der Waals surface area contributed by atoms with Crippen molar-refractivity contribution in [3.05, 3.63) is 29.3 Å². The van der Waals surface area contributed by atoms with Crippen LogP contribution in [0.3, 0.4) is 0 Å². The molecule has 6 heteroatoms. The van der Waals surface area contributed by atoms with Crippen LogP contribution >= 0.6 is 11.6 Å². The Kier molecular flexibility index (Phi) is 6.15. The number of halogens is 1. The Morgan fingerprint density at radius 2 is 2.16 bits per heavy atom. The molecule has 0 aliphatic rings. The average Bonchev–Trinajstić information content (AvgIpc) is 2.35. The fraction of sp³-hybridized carbons (Fsp3) is 0.385. The number of carbonyl (C=O) groups is 2. The molecular formula is C13H16ClNO4. The van der Waals surface area contributed by atoms with Crippen molar-refractivity contribution in [3.63, 3.8) is 0 Å². The molecule has 0 saturated carbocycles. The summed E-state index contributed by atoms with van der Waals surface area (Å²) in [5.74, 6) is -0.915. The quantitative estimate of drug-likeness (QED) is 0.832. The number of nitrogens with zero attached hydrogens (tertiary/aromatic N) is 1. The number of ether oxygens (including phenoxy) is 1. The second-order valence-electron chi connectivity index (χ2n) is 3.96. The molecule has 1 amide bonds. The molecule has 0 unspecified atom stereocenters. The molecule has 0 aromatic heterocycles. The van der Waals surface area contributed by atoms with Gasteiger partial charge in [0.1, 0.15) is 12.3 Å². The van der Waals surface area contributed by atoms with Gasteiger partial charge in [-0.2, -0.15) is 0 Å². The van der Waals surface area contributed by atoms with E-state index < -0.39 is 5.97 Å². The molecule has 1 N–H and O–H groups in total. The molecule has 0 fully saturated rings. The summed E-state index contributed by atoms with van der Waals surface area (Å²) in [4.78, 5) is 23.7. The van der Waals surface area contributed by atoms with Crippen molar-refractivity contribution < 1.29 is 19.4 Å². The summed E-state index contributed by atoms with van der Waals surface area (Å²) in [5, 5.41) is 9.24. The zero-order valence-electron chi connectivity index (χ0n) is 10.6. The first kappa shape index (κ1) is 15.3. The van der Waals surface area contributed by atoms with Crippen LogP contribution in [-0.4, -0.2) is 41.6 Å². The van der Waals surface area contributed by atoms with Gasteiger partial charge in [-0.3, -0.25) is 9.59 Å². The minimum absolute atomic E-state index is 0.201. The first-order chi connectivity index (χ1) is 9.02. The number of carboxylic acid groups (broad SMARTS) is 1. The molecule has 1 rings (SSSR count). The number of carbonyl (C=O) groups excluding carboxylic acids is 1. The summed E-state index contributed by atoms with van der Waals surface area (Å²) in [5.41, 5.74) is 0. The van der Waals surface area contributed by atoms with E-state index >= 15 is 0 Å². The predicted octanol–water partition coefficient (Wildman–Crippen LogP) is 2.04. The summed E-state index contributed by atoms with van der Waals surface area (Å²) >= 11 is 5.79. The second-order valence-corrected chi connectivity index (χ2v) is 4.39. The largest absolute Gasteiger partial charge is 0.484 e. The van der Waals surface area contributed by atoms with Crippen LogP contribution in [0.25, 0.3) is 0 Å². The highest BCUT2D eigenvalue weighted by Gasteiger charge is 2.16. The standard InChI is InChI=1S/C13H16ClNO4/c1-2-6-15(8-13(17)18)12(16)9-19-11-5-3-4-10(14)7-11/h3-5,7H,2,6,8-9H2,1H3,(H,17,18). The zero-order chi connectivity index (χ0) is 14.3. The van der Waals surface area contributed by atoms with E-state index in [1.807, 2.05) is 6.92 Å². The monoisotopic (exact) mass is 285 g/mol. The van der Waals surface area contributed by atoms with Crippen LogP contribution in [0.4, 0.5) is 0 Å². The fourth-order valence-electron chi connectivity index (χ4n) is 1.52. The van der Waals surface area contributed by atoms with Gasteiger partial charge >= 0.3 is 5.97 Å². The highest BCUT2D eigenvalue weighted by molar-refractivity contribution is 6.30. The van der Waals surface area contributed by atoms with E-state index in [-0.39, 0.29) is 19.1 Å². The van der Waals surface area contributed by atoms with Gasteiger partial charge in [-0.1, -0.05) is 24.6 Å². The third-order valence-electron chi connectivity index (χ3n) is 2.33. The Morgan fingerprint density at radius 1 is 1.42 bits per heavy atom. The second kappa shape index (κ2) is 7.63. The number of hydrogen-bond acceptors (Lipinski definition) is 3. The maximum Gasteiger partial charge on any atom is 0.323 e. The molecule has 0 radical (unpaired) electrons.